The molecule has 0 saturated heterocycles. The van der Waals surface area contributed by atoms with Crippen LogP contribution in [0.4, 0.5) is 11.4 Å². The number of rotatable bonds is 8. The Hall–Kier alpha value is -3.89. The third kappa shape index (κ3) is 5.92. The lowest BCUT2D eigenvalue weighted by atomic mass is 10.1. The number of nitro benzene ring substituents is 1. The molecule has 0 spiro atoms. The first-order valence-corrected chi connectivity index (χ1v) is 12.5. The molecule has 0 saturated carbocycles. The number of methoxy groups -OCH3 is 1. The van der Waals surface area contributed by atoms with Crippen LogP contribution in [-0.2, 0) is 9.53 Å². The third-order valence-corrected chi connectivity index (χ3v) is 7.33. The van der Waals surface area contributed by atoms with Gasteiger partial charge in [0.2, 0.25) is 0 Å². The van der Waals surface area contributed by atoms with Gasteiger partial charge in [-0.1, -0.05) is 24.3 Å². The number of hydrogen-bond acceptors (Lipinski definition) is 8. The van der Waals surface area contributed by atoms with Gasteiger partial charge in [0.15, 0.2) is 6.10 Å². The predicted octanol–water partition coefficient (Wildman–Crippen LogP) is 4.57. The van der Waals surface area contributed by atoms with E-state index in [1.807, 2.05) is 55.4 Å². The standard InChI is InChI=1S/C27H27N3O6S/c1-28(2)16-17-29-22-6-4-5-7-23(22)37-25(18-10-14-21(35-3)15-11-18)24(26(29)31)36-27(32)19-8-12-20(13-9-19)30(33)34/h4-15,24-25H,16-17H2,1-3H3. The van der Waals surface area contributed by atoms with E-state index < -0.39 is 22.2 Å². The Morgan fingerprint density at radius 3 is 2.35 bits per heavy atom. The largest absolute Gasteiger partial charge is 0.497 e. The molecule has 0 bridgehead atoms. The Morgan fingerprint density at radius 1 is 1.05 bits per heavy atom. The summed E-state index contributed by atoms with van der Waals surface area (Å²) < 4.78 is 11.2. The smallest absolute Gasteiger partial charge is 0.338 e. The van der Waals surface area contributed by atoms with Gasteiger partial charge in [-0.15, -0.1) is 11.8 Å². The molecule has 0 fully saturated rings. The molecular formula is C27H27N3O6S. The van der Waals surface area contributed by atoms with E-state index in [-0.39, 0.29) is 17.2 Å². The van der Waals surface area contributed by atoms with Gasteiger partial charge in [0.25, 0.3) is 11.6 Å². The molecule has 1 aliphatic rings. The van der Waals surface area contributed by atoms with E-state index >= 15 is 0 Å². The van der Waals surface area contributed by atoms with Crippen molar-refractivity contribution in [2.75, 3.05) is 39.2 Å². The number of nitrogens with zero attached hydrogens (tertiary/aromatic N) is 3. The molecule has 2 unspecified atom stereocenters. The number of carbonyl (C=O) groups is 2. The molecule has 1 heterocycles. The fourth-order valence-electron chi connectivity index (χ4n) is 3.96. The summed E-state index contributed by atoms with van der Waals surface area (Å²) in [5, 5.41) is 10.5. The summed E-state index contributed by atoms with van der Waals surface area (Å²) in [4.78, 5) is 42.2. The summed E-state index contributed by atoms with van der Waals surface area (Å²) in [5.41, 5.74) is 1.54. The minimum Gasteiger partial charge on any atom is -0.497 e. The van der Waals surface area contributed by atoms with E-state index in [9.17, 15) is 19.7 Å². The molecule has 0 N–H and O–H groups in total. The number of likely N-dealkylation sites (N-methyl/N-ethyl adjacent to an activating group) is 1. The number of benzene rings is 3. The number of nitro groups is 1. The lowest BCUT2D eigenvalue weighted by molar-refractivity contribution is -0.384. The van der Waals surface area contributed by atoms with E-state index in [0.717, 1.165) is 16.1 Å². The van der Waals surface area contributed by atoms with E-state index in [2.05, 4.69) is 0 Å². The number of esters is 1. The average Bonchev–Trinajstić information content (AvgIpc) is 3.01. The molecule has 9 nitrogen and oxygen atoms in total. The highest BCUT2D eigenvalue weighted by Gasteiger charge is 2.41. The summed E-state index contributed by atoms with van der Waals surface area (Å²) in [6.07, 6.45) is -1.14. The molecule has 2 atom stereocenters. The fourth-order valence-corrected chi connectivity index (χ4v) is 5.28. The zero-order chi connectivity index (χ0) is 26.5. The van der Waals surface area contributed by atoms with E-state index in [1.54, 1.807) is 24.1 Å². The number of amides is 1. The van der Waals surface area contributed by atoms with Crippen molar-refractivity contribution >= 4 is 35.0 Å². The van der Waals surface area contributed by atoms with Gasteiger partial charge in [0, 0.05) is 30.1 Å². The highest BCUT2D eigenvalue weighted by atomic mass is 32.2. The summed E-state index contributed by atoms with van der Waals surface area (Å²) >= 11 is 1.45. The van der Waals surface area contributed by atoms with Gasteiger partial charge < -0.3 is 19.3 Å². The van der Waals surface area contributed by atoms with Gasteiger partial charge >= 0.3 is 5.97 Å². The number of fused-ring (bicyclic) bond motifs is 1. The maximum atomic E-state index is 14.0. The van der Waals surface area contributed by atoms with Crippen molar-refractivity contribution in [3.63, 3.8) is 0 Å². The molecule has 4 rings (SSSR count). The van der Waals surface area contributed by atoms with E-state index in [0.29, 0.717) is 18.8 Å². The first-order valence-electron chi connectivity index (χ1n) is 11.6. The Bertz CT molecular complexity index is 1280. The Labute approximate surface area is 219 Å². The molecule has 3 aromatic carbocycles. The van der Waals surface area contributed by atoms with Crippen LogP contribution in [0.3, 0.4) is 0 Å². The van der Waals surface area contributed by atoms with Crippen LogP contribution in [0.25, 0.3) is 0 Å². The van der Waals surface area contributed by atoms with Crippen molar-refractivity contribution in [3.05, 3.63) is 94.0 Å². The van der Waals surface area contributed by atoms with Gasteiger partial charge in [-0.3, -0.25) is 14.9 Å². The topological polar surface area (TPSA) is 102 Å². The average molecular weight is 522 g/mol. The molecule has 1 amide bonds. The van der Waals surface area contributed by atoms with Gasteiger partial charge in [-0.25, -0.2) is 4.79 Å². The third-order valence-electron chi connectivity index (χ3n) is 5.96. The molecule has 0 radical (unpaired) electrons. The summed E-state index contributed by atoms with van der Waals surface area (Å²) in [7, 11) is 5.43. The minimum atomic E-state index is -1.14. The lowest BCUT2D eigenvalue weighted by Crippen LogP contribution is -2.45. The number of hydrogen-bond donors (Lipinski definition) is 0. The zero-order valence-electron chi connectivity index (χ0n) is 20.7. The molecule has 0 aromatic heterocycles. The maximum absolute atomic E-state index is 14.0. The number of para-hydroxylation sites is 1. The summed E-state index contributed by atoms with van der Waals surface area (Å²) in [6, 6.07) is 20.1. The van der Waals surface area contributed by atoms with Crippen molar-refractivity contribution in [1.29, 1.82) is 0 Å². The lowest BCUT2D eigenvalue weighted by Gasteiger charge is -2.28. The van der Waals surface area contributed by atoms with Gasteiger partial charge in [-0.2, -0.15) is 0 Å². The molecule has 0 aliphatic carbocycles. The second kappa shape index (κ2) is 11.4. The van der Waals surface area contributed by atoms with Gasteiger partial charge in [0.05, 0.1) is 28.5 Å². The quantitative estimate of drug-likeness (QED) is 0.241. The molecule has 10 heteroatoms. The number of anilines is 1. The van der Waals surface area contributed by atoms with Crippen LogP contribution in [0.5, 0.6) is 5.75 Å². The molecular weight excluding hydrogens is 494 g/mol. The molecule has 192 valence electrons. The first-order chi connectivity index (χ1) is 17.8. The maximum Gasteiger partial charge on any atom is 0.338 e. The number of non-ortho nitro benzene ring substituents is 1. The second-order valence-electron chi connectivity index (χ2n) is 8.70. The number of ether oxygens (including phenoxy) is 2. The Balaban J connectivity index is 1.74. The summed E-state index contributed by atoms with van der Waals surface area (Å²) in [6.45, 7) is 1.02. The van der Waals surface area contributed by atoms with Gasteiger partial charge in [0.1, 0.15) is 5.75 Å². The number of carbonyl (C=O) groups excluding carboxylic acids is 2. The fraction of sp³-hybridized carbons (Fsp3) is 0.259. The Kier molecular flexibility index (Phi) is 8.10. The molecule has 3 aromatic rings. The van der Waals surface area contributed by atoms with Crippen LogP contribution in [-0.4, -0.2) is 62.1 Å². The minimum absolute atomic E-state index is 0.124. The SMILES string of the molecule is COc1ccc(C2Sc3ccccc3N(CCN(C)C)C(=O)C2OC(=O)c2ccc([N+](=O)[O-])cc2)cc1. The van der Waals surface area contributed by atoms with Crippen molar-refractivity contribution in [2.24, 2.45) is 0 Å². The zero-order valence-corrected chi connectivity index (χ0v) is 21.5. The van der Waals surface area contributed by atoms with Crippen LogP contribution in [0.15, 0.2) is 77.7 Å². The van der Waals surface area contributed by atoms with E-state index in [1.165, 1.54) is 36.0 Å². The second-order valence-corrected chi connectivity index (χ2v) is 9.89. The summed E-state index contributed by atoms with van der Waals surface area (Å²) in [5.74, 6) is -0.401. The molecule has 37 heavy (non-hydrogen) atoms. The van der Waals surface area contributed by atoms with Crippen molar-refractivity contribution in [1.82, 2.24) is 4.90 Å². The normalized spacial score (nSPS) is 17.2. The highest BCUT2D eigenvalue weighted by molar-refractivity contribution is 7.99. The van der Waals surface area contributed by atoms with Crippen molar-refractivity contribution in [2.45, 2.75) is 16.2 Å². The van der Waals surface area contributed by atoms with Crippen LogP contribution in [0, 0.1) is 10.1 Å². The predicted molar refractivity (Wildman–Crippen MR) is 141 cm³/mol. The highest BCUT2D eigenvalue weighted by Crippen LogP contribution is 2.47. The van der Waals surface area contributed by atoms with Crippen LogP contribution >= 0.6 is 11.8 Å². The van der Waals surface area contributed by atoms with Crippen molar-refractivity contribution in [3.8, 4) is 5.75 Å². The van der Waals surface area contributed by atoms with Crippen LogP contribution < -0.4 is 9.64 Å². The van der Waals surface area contributed by atoms with Crippen LogP contribution in [0.1, 0.15) is 21.2 Å². The number of thioether (sulfide) groups is 1. The van der Waals surface area contributed by atoms with Crippen molar-refractivity contribution < 1.29 is 24.0 Å². The van der Waals surface area contributed by atoms with Crippen LogP contribution in [0.2, 0.25) is 0 Å². The Morgan fingerprint density at radius 2 is 1.73 bits per heavy atom. The van der Waals surface area contributed by atoms with E-state index in [4.69, 9.17) is 9.47 Å². The first kappa shape index (κ1) is 26.2. The molecule has 1 aliphatic heterocycles. The monoisotopic (exact) mass is 521 g/mol. The van der Waals surface area contributed by atoms with Gasteiger partial charge in [-0.05, 0) is 56.1 Å².